The van der Waals surface area contributed by atoms with E-state index in [0.717, 1.165) is 11.4 Å². The van der Waals surface area contributed by atoms with Gasteiger partial charge in [0.1, 0.15) is 24.4 Å². The topological polar surface area (TPSA) is 57.5 Å². The molecule has 22 heavy (non-hydrogen) atoms. The molecule has 0 radical (unpaired) electrons. The minimum atomic E-state index is -0.219. The highest BCUT2D eigenvalue weighted by atomic mass is 16.3. The maximum absolute atomic E-state index is 12.2. The molecule has 0 aliphatic rings. The van der Waals surface area contributed by atoms with Crippen LogP contribution in [0.3, 0.4) is 0 Å². The molecule has 0 fully saturated rings. The van der Waals surface area contributed by atoms with Crippen LogP contribution >= 0.6 is 0 Å². The van der Waals surface area contributed by atoms with Crippen LogP contribution < -0.4 is 10.5 Å². The molecule has 0 saturated heterocycles. The van der Waals surface area contributed by atoms with E-state index in [-0.39, 0.29) is 11.3 Å². The maximum Gasteiger partial charge on any atom is 0.261 e. The molecule has 1 unspecified atom stereocenters. The quantitative estimate of drug-likeness (QED) is 0.682. The van der Waals surface area contributed by atoms with Gasteiger partial charge in [0, 0.05) is 10.9 Å². The van der Waals surface area contributed by atoms with Crippen LogP contribution in [-0.2, 0) is 13.1 Å². The third-order valence-electron chi connectivity index (χ3n) is 3.82. The van der Waals surface area contributed by atoms with E-state index in [0.29, 0.717) is 23.0 Å². The average Bonchev–Trinajstić information content (AvgIpc) is 2.52. The summed E-state index contributed by atoms with van der Waals surface area (Å²) in [7, 11) is 2.01. The number of fused-ring (bicyclic) bond motifs is 1. The number of rotatable bonds is 4. The standard InChI is InChI=1S/C18H18N2O2/c1-20(11-13-7-3-2-4-8-13)12-15-17(21)14-9-5-6-10-16(14)19-18(15)22/h2-10H,11-12H2,1H3,(H2,19,21,22)/p+1. The molecule has 4 nitrogen and oxygen atoms in total. The third kappa shape index (κ3) is 2.87. The fourth-order valence-corrected chi connectivity index (χ4v) is 2.74. The van der Waals surface area contributed by atoms with Crippen molar-refractivity contribution in [1.29, 1.82) is 0 Å². The monoisotopic (exact) mass is 295 g/mol. The number of aromatic nitrogens is 1. The summed E-state index contributed by atoms with van der Waals surface area (Å²) in [6, 6.07) is 17.4. The second-order valence-corrected chi connectivity index (χ2v) is 5.62. The van der Waals surface area contributed by atoms with Gasteiger partial charge in [0.05, 0.1) is 12.6 Å². The Hall–Kier alpha value is -2.59. The van der Waals surface area contributed by atoms with Crippen molar-refractivity contribution >= 4 is 10.9 Å². The molecule has 0 bridgehead atoms. The van der Waals surface area contributed by atoms with Gasteiger partial charge in [-0.05, 0) is 12.1 Å². The Morgan fingerprint density at radius 2 is 1.68 bits per heavy atom. The molecule has 112 valence electrons. The summed E-state index contributed by atoms with van der Waals surface area (Å²) in [5, 5.41) is 11.1. The first-order valence-electron chi connectivity index (χ1n) is 7.33. The van der Waals surface area contributed by atoms with Crippen LogP contribution in [0.2, 0.25) is 0 Å². The Balaban J connectivity index is 1.89. The van der Waals surface area contributed by atoms with Gasteiger partial charge in [-0.2, -0.15) is 0 Å². The molecule has 3 N–H and O–H groups in total. The number of nitrogens with one attached hydrogen (secondary N) is 2. The summed E-state index contributed by atoms with van der Waals surface area (Å²) in [6.45, 7) is 1.27. The predicted molar refractivity (Wildman–Crippen MR) is 87.0 cm³/mol. The number of quaternary nitrogens is 1. The number of aromatic hydroxyl groups is 1. The van der Waals surface area contributed by atoms with Crippen LogP contribution in [0.5, 0.6) is 5.75 Å². The molecule has 1 heterocycles. The van der Waals surface area contributed by atoms with Crippen molar-refractivity contribution < 1.29 is 10.0 Å². The lowest BCUT2D eigenvalue weighted by atomic mass is 10.1. The number of pyridine rings is 1. The van der Waals surface area contributed by atoms with Gasteiger partial charge in [0.15, 0.2) is 0 Å². The molecular weight excluding hydrogens is 276 g/mol. The fraction of sp³-hybridized carbons (Fsp3) is 0.167. The molecule has 1 atom stereocenters. The van der Waals surface area contributed by atoms with E-state index in [1.54, 1.807) is 6.07 Å². The van der Waals surface area contributed by atoms with E-state index in [1.165, 1.54) is 5.56 Å². The zero-order chi connectivity index (χ0) is 15.5. The second-order valence-electron chi connectivity index (χ2n) is 5.62. The number of benzene rings is 2. The Morgan fingerprint density at radius 3 is 2.45 bits per heavy atom. The molecule has 2 aromatic carbocycles. The summed E-state index contributed by atoms with van der Waals surface area (Å²) in [5.74, 6) is 0.0896. The van der Waals surface area contributed by atoms with Crippen molar-refractivity contribution in [1.82, 2.24) is 4.98 Å². The number of hydrogen-bond acceptors (Lipinski definition) is 2. The molecule has 0 aliphatic heterocycles. The van der Waals surface area contributed by atoms with Gasteiger partial charge in [-0.3, -0.25) is 4.79 Å². The minimum absolute atomic E-state index is 0.0896. The van der Waals surface area contributed by atoms with Crippen LogP contribution in [0.1, 0.15) is 11.1 Å². The number of hydrogen-bond donors (Lipinski definition) is 3. The third-order valence-corrected chi connectivity index (χ3v) is 3.82. The van der Waals surface area contributed by atoms with Gasteiger partial charge in [-0.25, -0.2) is 0 Å². The van der Waals surface area contributed by atoms with Gasteiger partial charge in [-0.1, -0.05) is 42.5 Å². The normalized spacial score (nSPS) is 12.4. The lowest BCUT2D eigenvalue weighted by Gasteiger charge is -2.15. The van der Waals surface area contributed by atoms with Crippen LogP contribution in [-0.4, -0.2) is 17.1 Å². The highest BCUT2D eigenvalue weighted by molar-refractivity contribution is 5.85. The lowest BCUT2D eigenvalue weighted by Crippen LogP contribution is -3.06. The first-order valence-corrected chi connectivity index (χ1v) is 7.33. The van der Waals surface area contributed by atoms with E-state index in [1.807, 2.05) is 43.4 Å². The van der Waals surface area contributed by atoms with Gasteiger partial charge in [0.2, 0.25) is 0 Å². The van der Waals surface area contributed by atoms with Gasteiger partial charge in [-0.15, -0.1) is 0 Å². The zero-order valence-corrected chi connectivity index (χ0v) is 12.5. The zero-order valence-electron chi connectivity index (χ0n) is 12.5. The van der Waals surface area contributed by atoms with Gasteiger partial charge < -0.3 is 15.0 Å². The van der Waals surface area contributed by atoms with Crippen molar-refractivity contribution in [2.75, 3.05) is 7.05 Å². The molecular formula is C18H19N2O2+. The lowest BCUT2D eigenvalue weighted by molar-refractivity contribution is -0.907. The van der Waals surface area contributed by atoms with Crippen molar-refractivity contribution in [3.05, 3.63) is 76.1 Å². The Bertz CT molecular complexity index is 841. The highest BCUT2D eigenvalue weighted by Crippen LogP contribution is 2.23. The van der Waals surface area contributed by atoms with E-state index < -0.39 is 0 Å². The molecule has 0 saturated carbocycles. The minimum Gasteiger partial charge on any atom is -0.507 e. The number of H-pyrrole nitrogens is 1. The molecule has 4 heteroatoms. The SMILES string of the molecule is C[NH+](Cc1ccccc1)Cc1c(O)c2ccccc2[nH]c1=O. The Kier molecular flexibility index (Phi) is 3.94. The van der Waals surface area contributed by atoms with Gasteiger partial charge in [0.25, 0.3) is 5.56 Å². The average molecular weight is 295 g/mol. The summed E-state index contributed by atoms with van der Waals surface area (Å²) in [5.41, 5.74) is 2.09. The van der Waals surface area contributed by atoms with Crippen molar-refractivity contribution in [3.63, 3.8) is 0 Å². The van der Waals surface area contributed by atoms with E-state index in [4.69, 9.17) is 0 Å². The summed E-state index contributed by atoms with van der Waals surface area (Å²) < 4.78 is 0. The number of aromatic amines is 1. The molecule has 0 amide bonds. The maximum atomic E-state index is 12.2. The Morgan fingerprint density at radius 1 is 1.00 bits per heavy atom. The summed E-state index contributed by atoms with van der Waals surface area (Å²) in [4.78, 5) is 16.2. The van der Waals surface area contributed by atoms with E-state index in [2.05, 4.69) is 17.1 Å². The van der Waals surface area contributed by atoms with Crippen LogP contribution in [0, 0.1) is 0 Å². The smallest absolute Gasteiger partial charge is 0.261 e. The summed E-state index contributed by atoms with van der Waals surface area (Å²) >= 11 is 0. The highest BCUT2D eigenvalue weighted by Gasteiger charge is 2.16. The Labute approximate surface area is 128 Å². The van der Waals surface area contributed by atoms with Crippen molar-refractivity contribution in [2.45, 2.75) is 13.1 Å². The van der Waals surface area contributed by atoms with Crippen LogP contribution in [0.4, 0.5) is 0 Å². The fourth-order valence-electron chi connectivity index (χ4n) is 2.74. The molecule has 1 aromatic heterocycles. The van der Waals surface area contributed by atoms with Crippen molar-refractivity contribution in [2.24, 2.45) is 0 Å². The molecule has 0 aliphatic carbocycles. The van der Waals surface area contributed by atoms with Crippen LogP contribution in [0.15, 0.2) is 59.4 Å². The largest absolute Gasteiger partial charge is 0.507 e. The predicted octanol–water partition coefficient (Wildman–Crippen LogP) is 1.45. The van der Waals surface area contributed by atoms with Gasteiger partial charge >= 0.3 is 0 Å². The van der Waals surface area contributed by atoms with Crippen molar-refractivity contribution in [3.8, 4) is 5.75 Å². The molecule has 3 rings (SSSR count). The van der Waals surface area contributed by atoms with E-state index >= 15 is 0 Å². The first kappa shape index (κ1) is 14.4. The number of para-hydroxylation sites is 1. The molecule has 0 spiro atoms. The van der Waals surface area contributed by atoms with E-state index in [9.17, 15) is 9.90 Å². The summed E-state index contributed by atoms with van der Waals surface area (Å²) in [6.07, 6.45) is 0. The second kappa shape index (κ2) is 6.03. The first-order chi connectivity index (χ1) is 10.6. The molecule has 3 aromatic rings. The van der Waals surface area contributed by atoms with Crippen LogP contribution in [0.25, 0.3) is 10.9 Å².